The number of hydrogen-bond donors (Lipinski definition) is 1. The molecule has 0 amide bonds. The van der Waals surface area contributed by atoms with Crippen LogP contribution in [-0.4, -0.2) is 47.5 Å². The Labute approximate surface area is 149 Å². The van der Waals surface area contributed by atoms with Crippen LogP contribution in [0.15, 0.2) is 30.9 Å². The van der Waals surface area contributed by atoms with Gasteiger partial charge in [0.05, 0.1) is 12.1 Å². The molecule has 4 aromatic rings. The average molecular weight is 350 g/mol. The molecule has 0 bridgehead atoms. The van der Waals surface area contributed by atoms with Crippen LogP contribution >= 0.6 is 0 Å². The second kappa shape index (κ2) is 5.77. The first-order valence-corrected chi connectivity index (χ1v) is 8.67. The van der Waals surface area contributed by atoms with E-state index >= 15 is 0 Å². The second-order valence-electron chi connectivity index (χ2n) is 6.49. The van der Waals surface area contributed by atoms with Crippen molar-refractivity contribution >= 4 is 16.7 Å². The van der Waals surface area contributed by atoms with Gasteiger partial charge >= 0.3 is 0 Å². The van der Waals surface area contributed by atoms with Gasteiger partial charge in [0.15, 0.2) is 5.65 Å². The standard InChI is InChI=1S/C18H18N6O2/c1-11-22-17-15(24(11)13-2-3-13)8-12(9-19-17)14-4-5-23-16(14)18(20-10-21-23)26-7-6-25/h4-5,8-10,13,25H,2-3,6-7H2,1H3. The number of aromatic nitrogens is 6. The van der Waals surface area contributed by atoms with Crippen molar-refractivity contribution in [2.75, 3.05) is 13.2 Å². The van der Waals surface area contributed by atoms with Crippen LogP contribution in [0.5, 0.6) is 5.88 Å². The Morgan fingerprint density at radius 2 is 2.19 bits per heavy atom. The summed E-state index contributed by atoms with van der Waals surface area (Å²) in [5.74, 6) is 1.45. The molecule has 0 aromatic carbocycles. The van der Waals surface area contributed by atoms with E-state index in [0.717, 1.165) is 33.6 Å². The molecule has 0 unspecified atom stereocenters. The number of hydrogen-bond acceptors (Lipinski definition) is 6. The van der Waals surface area contributed by atoms with Crippen LogP contribution in [0.2, 0.25) is 0 Å². The quantitative estimate of drug-likeness (QED) is 0.593. The molecular weight excluding hydrogens is 332 g/mol. The molecule has 0 radical (unpaired) electrons. The van der Waals surface area contributed by atoms with E-state index < -0.39 is 0 Å². The second-order valence-corrected chi connectivity index (χ2v) is 6.49. The maximum atomic E-state index is 9.05. The van der Waals surface area contributed by atoms with E-state index in [1.165, 1.54) is 19.2 Å². The maximum absolute atomic E-state index is 9.05. The number of ether oxygens (including phenoxy) is 1. The van der Waals surface area contributed by atoms with Crippen molar-refractivity contribution in [1.82, 2.24) is 29.1 Å². The summed E-state index contributed by atoms with van der Waals surface area (Å²) in [5, 5.41) is 13.3. The van der Waals surface area contributed by atoms with Crippen LogP contribution in [0.1, 0.15) is 24.7 Å². The molecule has 0 aliphatic heterocycles. The summed E-state index contributed by atoms with van der Waals surface area (Å²) in [7, 11) is 0. The molecule has 26 heavy (non-hydrogen) atoms. The highest BCUT2D eigenvalue weighted by Crippen LogP contribution is 2.39. The lowest BCUT2D eigenvalue weighted by Crippen LogP contribution is -2.05. The fourth-order valence-electron chi connectivity index (χ4n) is 3.44. The number of aryl methyl sites for hydroxylation is 1. The number of nitrogens with zero attached hydrogens (tertiary/aromatic N) is 6. The first-order valence-electron chi connectivity index (χ1n) is 8.67. The highest BCUT2D eigenvalue weighted by atomic mass is 16.5. The smallest absolute Gasteiger partial charge is 0.242 e. The number of imidazole rings is 1. The summed E-state index contributed by atoms with van der Waals surface area (Å²) in [6.45, 7) is 2.14. The minimum Gasteiger partial charge on any atom is -0.474 e. The molecule has 1 aliphatic carbocycles. The summed E-state index contributed by atoms with van der Waals surface area (Å²) < 4.78 is 9.60. The number of rotatable bonds is 5. The summed E-state index contributed by atoms with van der Waals surface area (Å²) in [4.78, 5) is 13.4. The zero-order valence-electron chi connectivity index (χ0n) is 14.3. The van der Waals surface area contributed by atoms with E-state index in [-0.39, 0.29) is 13.2 Å². The molecule has 0 saturated heterocycles. The Balaban J connectivity index is 1.69. The van der Waals surface area contributed by atoms with Crippen molar-refractivity contribution in [1.29, 1.82) is 0 Å². The van der Waals surface area contributed by atoms with Crippen LogP contribution in [0, 0.1) is 6.92 Å². The van der Waals surface area contributed by atoms with Crippen molar-refractivity contribution in [3.8, 4) is 17.0 Å². The van der Waals surface area contributed by atoms with Crippen molar-refractivity contribution in [3.05, 3.63) is 36.7 Å². The SMILES string of the molecule is Cc1nc2ncc(-c3ccn4ncnc(OCCO)c34)cc2n1C1CC1. The zero-order chi connectivity index (χ0) is 17.7. The van der Waals surface area contributed by atoms with Crippen molar-refractivity contribution in [3.63, 3.8) is 0 Å². The summed E-state index contributed by atoms with van der Waals surface area (Å²) >= 11 is 0. The Hall–Kier alpha value is -3.00. The predicted molar refractivity (Wildman–Crippen MR) is 95.1 cm³/mol. The third kappa shape index (κ3) is 2.33. The molecule has 1 fully saturated rings. The normalized spacial score (nSPS) is 14.4. The molecular formula is C18H18N6O2. The Morgan fingerprint density at radius 3 is 3.00 bits per heavy atom. The molecule has 4 aromatic heterocycles. The van der Waals surface area contributed by atoms with E-state index in [1.807, 2.05) is 25.4 Å². The number of fused-ring (bicyclic) bond motifs is 2. The van der Waals surface area contributed by atoms with Crippen LogP contribution < -0.4 is 4.74 Å². The summed E-state index contributed by atoms with van der Waals surface area (Å²) in [6, 6.07) is 4.64. The lowest BCUT2D eigenvalue weighted by molar-refractivity contribution is 0.197. The first-order chi connectivity index (χ1) is 12.8. The molecule has 0 atom stereocenters. The molecule has 1 saturated carbocycles. The molecule has 1 aliphatic rings. The van der Waals surface area contributed by atoms with Gasteiger partial charge in [0.25, 0.3) is 0 Å². The van der Waals surface area contributed by atoms with Gasteiger partial charge in [-0.2, -0.15) is 10.1 Å². The van der Waals surface area contributed by atoms with Gasteiger partial charge in [-0.3, -0.25) is 0 Å². The van der Waals surface area contributed by atoms with E-state index in [2.05, 4.69) is 30.7 Å². The molecule has 8 heteroatoms. The van der Waals surface area contributed by atoms with Crippen molar-refractivity contribution in [2.24, 2.45) is 0 Å². The molecule has 1 N–H and O–H groups in total. The van der Waals surface area contributed by atoms with Crippen molar-refractivity contribution in [2.45, 2.75) is 25.8 Å². The topological polar surface area (TPSA) is 90.4 Å². The van der Waals surface area contributed by atoms with Gasteiger partial charge in [-0.1, -0.05) is 0 Å². The fraction of sp³-hybridized carbons (Fsp3) is 0.333. The van der Waals surface area contributed by atoms with Crippen LogP contribution in [0.3, 0.4) is 0 Å². The lowest BCUT2D eigenvalue weighted by atomic mass is 10.1. The Bertz CT molecular complexity index is 1110. The van der Waals surface area contributed by atoms with Crippen molar-refractivity contribution < 1.29 is 9.84 Å². The summed E-state index contributed by atoms with van der Waals surface area (Å²) in [5.41, 5.74) is 4.49. The van der Waals surface area contributed by atoms with E-state index in [4.69, 9.17) is 9.84 Å². The highest BCUT2D eigenvalue weighted by molar-refractivity contribution is 5.88. The highest BCUT2D eigenvalue weighted by Gasteiger charge is 2.27. The number of aliphatic hydroxyl groups is 1. The molecule has 8 nitrogen and oxygen atoms in total. The molecule has 5 rings (SSSR count). The van der Waals surface area contributed by atoms with Gasteiger partial charge in [-0.15, -0.1) is 0 Å². The molecule has 0 spiro atoms. The average Bonchev–Trinajstić information content (AvgIpc) is 3.29. The third-order valence-electron chi connectivity index (χ3n) is 4.70. The van der Waals surface area contributed by atoms with Gasteiger partial charge in [-0.25, -0.2) is 14.5 Å². The largest absolute Gasteiger partial charge is 0.474 e. The van der Waals surface area contributed by atoms with Gasteiger partial charge in [-0.05, 0) is 31.9 Å². The number of aliphatic hydroxyl groups excluding tert-OH is 1. The minimum atomic E-state index is -0.0699. The van der Waals surface area contributed by atoms with E-state index in [1.54, 1.807) is 4.52 Å². The zero-order valence-corrected chi connectivity index (χ0v) is 14.3. The van der Waals surface area contributed by atoms with E-state index in [9.17, 15) is 0 Å². The minimum absolute atomic E-state index is 0.0699. The Morgan fingerprint density at radius 1 is 1.31 bits per heavy atom. The summed E-state index contributed by atoms with van der Waals surface area (Å²) in [6.07, 6.45) is 7.52. The van der Waals surface area contributed by atoms with Crippen LogP contribution in [-0.2, 0) is 0 Å². The van der Waals surface area contributed by atoms with E-state index in [0.29, 0.717) is 11.9 Å². The maximum Gasteiger partial charge on any atom is 0.242 e. The monoisotopic (exact) mass is 350 g/mol. The lowest BCUT2D eigenvalue weighted by Gasteiger charge is -2.08. The van der Waals surface area contributed by atoms with Gasteiger partial charge in [0.2, 0.25) is 5.88 Å². The van der Waals surface area contributed by atoms with Gasteiger partial charge in [0.1, 0.15) is 24.3 Å². The number of pyridine rings is 1. The van der Waals surface area contributed by atoms with Crippen LogP contribution in [0.4, 0.5) is 0 Å². The Kier molecular flexibility index (Phi) is 3.39. The van der Waals surface area contributed by atoms with Gasteiger partial charge < -0.3 is 14.4 Å². The van der Waals surface area contributed by atoms with Crippen LogP contribution in [0.25, 0.3) is 27.8 Å². The third-order valence-corrected chi connectivity index (χ3v) is 4.70. The fourth-order valence-corrected chi connectivity index (χ4v) is 3.44. The molecule has 4 heterocycles. The first kappa shape index (κ1) is 15.3. The van der Waals surface area contributed by atoms with Gasteiger partial charge in [0, 0.05) is 29.6 Å². The molecule has 132 valence electrons. The predicted octanol–water partition coefficient (Wildman–Crippen LogP) is 2.16.